The van der Waals surface area contributed by atoms with E-state index in [4.69, 9.17) is 5.73 Å². The van der Waals surface area contributed by atoms with Gasteiger partial charge in [0.15, 0.2) is 11.6 Å². The monoisotopic (exact) mass is 285 g/mol. The summed E-state index contributed by atoms with van der Waals surface area (Å²) in [5.41, 5.74) is 9.00. The van der Waals surface area contributed by atoms with E-state index in [1.54, 1.807) is 0 Å². The zero-order valence-electron chi connectivity index (χ0n) is 13.1. The lowest BCUT2D eigenvalue weighted by atomic mass is 10.1. The van der Waals surface area contributed by atoms with Gasteiger partial charge in [0.2, 0.25) is 0 Å². The van der Waals surface area contributed by atoms with Crippen LogP contribution in [-0.4, -0.2) is 15.5 Å². The van der Waals surface area contributed by atoms with Crippen molar-refractivity contribution in [1.29, 1.82) is 0 Å². The minimum absolute atomic E-state index is 0.100. The van der Waals surface area contributed by atoms with Gasteiger partial charge in [-0.05, 0) is 33.3 Å². The third-order valence-electron chi connectivity index (χ3n) is 2.96. The lowest BCUT2D eigenvalue weighted by molar-refractivity contribution is 0.630. The van der Waals surface area contributed by atoms with E-state index in [9.17, 15) is 0 Å². The second-order valence-corrected chi connectivity index (χ2v) is 6.20. The van der Waals surface area contributed by atoms with Crippen LogP contribution in [0.5, 0.6) is 0 Å². The molecule has 1 aromatic carbocycles. The molecule has 0 saturated carbocycles. The van der Waals surface area contributed by atoms with Crippen LogP contribution in [0.2, 0.25) is 0 Å². The molecule has 1 heterocycles. The lowest BCUT2D eigenvalue weighted by Crippen LogP contribution is -2.27. The number of rotatable bonds is 4. The van der Waals surface area contributed by atoms with Crippen molar-refractivity contribution in [3.63, 3.8) is 0 Å². The number of anilines is 3. The minimum atomic E-state index is -0.100. The summed E-state index contributed by atoms with van der Waals surface area (Å²) in [6, 6.07) is 8.36. The van der Waals surface area contributed by atoms with Gasteiger partial charge >= 0.3 is 0 Å². The van der Waals surface area contributed by atoms with E-state index in [2.05, 4.69) is 72.6 Å². The van der Waals surface area contributed by atoms with Crippen LogP contribution in [0.3, 0.4) is 0 Å². The summed E-state index contributed by atoms with van der Waals surface area (Å²) in [5.74, 6) is 1.31. The number of nitrogens with zero attached hydrogens (tertiary/aromatic N) is 2. The highest BCUT2D eigenvalue weighted by Gasteiger charge is 2.14. The van der Waals surface area contributed by atoms with Crippen LogP contribution in [0.4, 0.5) is 17.3 Å². The molecule has 5 heteroatoms. The Balaban J connectivity index is 2.10. The van der Waals surface area contributed by atoms with E-state index in [0.29, 0.717) is 23.9 Å². The number of aromatic nitrogens is 2. The number of nitrogen functional groups attached to an aromatic ring is 1. The number of nitrogens with one attached hydrogen (secondary N) is 2. The summed E-state index contributed by atoms with van der Waals surface area (Å²) < 4.78 is 0. The van der Waals surface area contributed by atoms with Crippen LogP contribution in [0, 0.1) is 6.92 Å². The maximum absolute atomic E-state index is 6.13. The molecule has 0 amide bonds. The van der Waals surface area contributed by atoms with Crippen LogP contribution in [0.25, 0.3) is 0 Å². The molecule has 2 rings (SSSR count). The van der Waals surface area contributed by atoms with E-state index in [-0.39, 0.29) is 5.54 Å². The fourth-order valence-electron chi connectivity index (χ4n) is 1.88. The molecule has 0 aliphatic rings. The van der Waals surface area contributed by atoms with Crippen LogP contribution < -0.4 is 16.4 Å². The van der Waals surface area contributed by atoms with Crippen molar-refractivity contribution < 1.29 is 0 Å². The molecule has 0 unspecified atom stereocenters. The van der Waals surface area contributed by atoms with Gasteiger partial charge in [-0.25, -0.2) is 9.97 Å². The van der Waals surface area contributed by atoms with E-state index in [0.717, 1.165) is 0 Å². The highest BCUT2D eigenvalue weighted by molar-refractivity contribution is 5.74. The second-order valence-electron chi connectivity index (χ2n) is 6.20. The maximum Gasteiger partial charge on any atom is 0.155 e. The van der Waals surface area contributed by atoms with Gasteiger partial charge in [-0.3, -0.25) is 0 Å². The van der Waals surface area contributed by atoms with Gasteiger partial charge in [0.1, 0.15) is 12.0 Å². The summed E-state index contributed by atoms with van der Waals surface area (Å²) >= 11 is 0. The molecule has 0 atom stereocenters. The van der Waals surface area contributed by atoms with Crippen LogP contribution in [0.1, 0.15) is 31.9 Å². The largest absolute Gasteiger partial charge is 0.393 e. The second kappa shape index (κ2) is 5.99. The SMILES string of the molecule is Cc1ccc(CNc2ncnc(NC(C)(C)C)c2N)cc1. The Morgan fingerprint density at radius 1 is 1.05 bits per heavy atom. The van der Waals surface area contributed by atoms with Gasteiger partial charge in [-0.1, -0.05) is 29.8 Å². The Hall–Kier alpha value is -2.30. The van der Waals surface area contributed by atoms with Gasteiger partial charge in [0.05, 0.1) is 0 Å². The summed E-state index contributed by atoms with van der Waals surface area (Å²) in [5, 5.41) is 6.54. The first-order chi connectivity index (χ1) is 9.85. The molecular weight excluding hydrogens is 262 g/mol. The molecule has 112 valence electrons. The van der Waals surface area contributed by atoms with Gasteiger partial charge < -0.3 is 16.4 Å². The quantitative estimate of drug-likeness (QED) is 0.804. The number of benzene rings is 1. The van der Waals surface area contributed by atoms with Crippen molar-refractivity contribution in [3.05, 3.63) is 41.7 Å². The molecule has 2 aromatic rings. The molecule has 0 spiro atoms. The van der Waals surface area contributed by atoms with Crippen LogP contribution >= 0.6 is 0 Å². The van der Waals surface area contributed by atoms with Crippen molar-refractivity contribution in [1.82, 2.24) is 9.97 Å². The Morgan fingerprint density at radius 3 is 2.29 bits per heavy atom. The minimum Gasteiger partial charge on any atom is -0.393 e. The molecule has 0 aliphatic carbocycles. The Morgan fingerprint density at radius 2 is 1.67 bits per heavy atom. The summed E-state index contributed by atoms with van der Waals surface area (Å²) in [4.78, 5) is 8.42. The Kier molecular flexibility index (Phi) is 4.31. The first-order valence-corrected chi connectivity index (χ1v) is 7.03. The molecule has 21 heavy (non-hydrogen) atoms. The smallest absolute Gasteiger partial charge is 0.155 e. The molecule has 0 bridgehead atoms. The predicted molar refractivity (Wildman–Crippen MR) is 88.3 cm³/mol. The van der Waals surface area contributed by atoms with Crippen molar-refractivity contribution in [2.75, 3.05) is 16.4 Å². The molecule has 1 aromatic heterocycles. The average Bonchev–Trinajstić information content (AvgIpc) is 2.40. The number of hydrogen-bond donors (Lipinski definition) is 3. The zero-order chi connectivity index (χ0) is 15.5. The highest BCUT2D eigenvalue weighted by Crippen LogP contribution is 2.25. The van der Waals surface area contributed by atoms with Crippen LogP contribution in [-0.2, 0) is 6.54 Å². The van der Waals surface area contributed by atoms with E-state index in [1.807, 2.05) is 0 Å². The third kappa shape index (κ3) is 4.34. The molecule has 0 aliphatic heterocycles. The van der Waals surface area contributed by atoms with Crippen molar-refractivity contribution in [3.8, 4) is 0 Å². The molecule has 0 radical (unpaired) electrons. The molecule has 4 N–H and O–H groups in total. The van der Waals surface area contributed by atoms with Crippen LogP contribution in [0.15, 0.2) is 30.6 Å². The van der Waals surface area contributed by atoms with E-state index < -0.39 is 0 Å². The summed E-state index contributed by atoms with van der Waals surface area (Å²) in [6.07, 6.45) is 1.52. The molecule has 0 saturated heterocycles. The number of nitrogens with two attached hydrogens (primary N) is 1. The van der Waals surface area contributed by atoms with Crippen molar-refractivity contribution in [2.45, 2.75) is 39.8 Å². The molecule has 0 fully saturated rings. The summed E-state index contributed by atoms with van der Waals surface area (Å²) in [6.45, 7) is 8.94. The van der Waals surface area contributed by atoms with E-state index in [1.165, 1.54) is 17.5 Å². The average molecular weight is 285 g/mol. The third-order valence-corrected chi connectivity index (χ3v) is 2.96. The first kappa shape index (κ1) is 15.1. The predicted octanol–water partition coefficient (Wildman–Crippen LogP) is 3.19. The van der Waals surface area contributed by atoms with Crippen molar-refractivity contribution >= 4 is 17.3 Å². The molecular formula is C16H23N5. The summed E-state index contributed by atoms with van der Waals surface area (Å²) in [7, 11) is 0. The van der Waals surface area contributed by atoms with Gasteiger partial charge in [0, 0.05) is 12.1 Å². The van der Waals surface area contributed by atoms with Crippen molar-refractivity contribution in [2.24, 2.45) is 0 Å². The highest BCUT2D eigenvalue weighted by atomic mass is 15.1. The number of hydrogen-bond acceptors (Lipinski definition) is 5. The fourth-order valence-corrected chi connectivity index (χ4v) is 1.88. The van der Waals surface area contributed by atoms with Gasteiger partial charge in [-0.15, -0.1) is 0 Å². The zero-order valence-corrected chi connectivity index (χ0v) is 13.1. The maximum atomic E-state index is 6.13. The van der Waals surface area contributed by atoms with Gasteiger partial charge in [-0.2, -0.15) is 0 Å². The Labute approximate surface area is 126 Å². The normalized spacial score (nSPS) is 11.2. The molecule has 5 nitrogen and oxygen atoms in total. The van der Waals surface area contributed by atoms with E-state index >= 15 is 0 Å². The lowest BCUT2D eigenvalue weighted by Gasteiger charge is -2.22. The standard InChI is InChI=1S/C16H23N5/c1-11-5-7-12(8-6-11)9-18-14-13(17)15(20-10-19-14)21-16(2,3)4/h5-8,10H,9,17H2,1-4H3,(H2,18,19,20,21). The fraction of sp³-hybridized carbons (Fsp3) is 0.375. The van der Waals surface area contributed by atoms with Gasteiger partial charge in [0.25, 0.3) is 0 Å². The Bertz CT molecular complexity index is 599. The topological polar surface area (TPSA) is 75.9 Å². The first-order valence-electron chi connectivity index (χ1n) is 7.03. The number of aryl methyl sites for hydroxylation is 1.